The van der Waals surface area contributed by atoms with Crippen molar-refractivity contribution >= 4 is 17.3 Å². The van der Waals surface area contributed by atoms with E-state index >= 15 is 0 Å². The van der Waals surface area contributed by atoms with Gasteiger partial charge in [0.2, 0.25) is 0 Å². The van der Waals surface area contributed by atoms with E-state index in [1.165, 1.54) is 0 Å². The maximum atomic E-state index is 12.4. The van der Waals surface area contributed by atoms with Crippen molar-refractivity contribution < 1.29 is 4.79 Å². The molecule has 1 heterocycles. The summed E-state index contributed by atoms with van der Waals surface area (Å²) in [7, 11) is 3.95. The topological polar surface area (TPSA) is 50.2 Å². The molecule has 1 aromatic heterocycles. The summed E-state index contributed by atoms with van der Waals surface area (Å²) >= 11 is 0. The molecule has 2 aromatic rings. The standard InChI is InChI=1S/C17H24N4O/c1-6-11-21-13(3)16(12(2)19-21)18-17(22)14-7-9-15(10-8-14)20(4)5/h7-10H,6,11H2,1-5H3,(H,18,22). The van der Waals surface area contributed by atoms with Gasteiger partial charge in [0.05, 0.1) is 17.1 Å². The Morgan fingerprint density at radius 3 is 2.41 bits per heavy atom. The third-order valence-corrected chi connectivity index (χ3v) is 3.70. The van der Waals surface area contributed by atoms with Crippen molar-refractivity contribution in [2.24, 2.45) is 0 Å². The fraction of sp³-hybridized carbons (Fsp3) is 0.412. The lowest BCUT2D eigenvalue weighted by atomic mass is 10.2. The number of nitrogens with one attached hydrogen (secondary N) is 1. The van der Waals surface area contributed by atoms with Crippen molar-refractivity contribution in [1.29, 1.82) is 0 Å². The average Bonchev–Trinajstić information content (AvgIpc) is 2.75. The number of benzene rings is 1. The third kappa shape index (κ3) is 3.30. The minimum absolute atomic E-state index is 0.104. The summed E-state index contributed by atoms with van der Waals surface area (Å²) in [5.41, 5.74) is 4.38. The maximum absolute atomic E-state index is 12.4. The molecule has 0 spiro atoms. The summed E-state index contributed by atoms with van der Waals surface area (Å²) in [6.45, 7) is 6.88. The van der Waals surface area contributed by atoms with Crippen LogP contribution in [0.3, 0.4) is 0 Å². The second kappa shape index (κ2) is 6.64. The molecule has 0 saturated carbocycles. The van der Waals surface area contributed by atoms with Crippen LogP contribution in [0.25, 0.3) is 0 Å². The Bertz CT molecular complexity index is 656. The molecule has 0 aliphatic carbocycles. The van der Waals surface area contributed by atoms with Crippen LogP contribution in [0.15, 0.2) is 24.3 Å². The number of amides is 1. The number of hydrogen-bond donors (Lipinski definition) is 1. The Balaban J connectivity index is 2.18. The van der Waals surface area contributed by atoms with E-state index in [-0.39, 0.29) is 5.91 Å². The molecule has 0 fully saturated rings. The van der Waals surface area contributed by atoms with Crippen molar-refractivity contribution in [3.05, 3.63) is 41.2 Å². The molecule has 1 amide bonds. The molecule has 0 bridgehead atoms. The van der Waals surface area contributed by atoms with Crippen LogP contribution < -0.4 is 10.2 Å². The Hall–Kier alpha value is -2.30. The third-order valence-electron chi connectivity index (χ3n) is 3.70. The van der Waals surface area contributed by atoms with Gasteiger partial charge in [0, 0.05) is 31.9 Å². The molecule has 2 rings (SSSR count). The number of anilines is 2. The number of carbonyl (C=O) groups excluding carboxylic acids is 1. The Kier molecular flexibility index (Phi) is 4.85. The molecular formula is C17H24N4O. The minimum atomic E-state index is -0.104. The summed E-state index contributed by atoms with van der Waals surface area (Å²) in [5.74, 6) is -0.104. The van der Waals surface area contributed by atoms with Gasteiger partial charge in [-0.1, -0.05) is 6.92 Å². The van der Waals surface area contributed by atoms with Gasteiger partial charge in [-0.3, -0.25) is 9.48 Å². The minimum Gasteiger partial charge on any atom is -0.378 e. The highest BCUT2D eigenvalue weighted by Crippen LogP contribution is 2.21. The molecular weight excluding hydrogens is 276 g/mol. The zero-order chi connectivity index (χ0) is 16.3. The van der Waals surface area contributed by atoms with E-state index in [1.54, 1.807) is 0 Å². The predicted molar refractivity (Wildman–Crippen MR) is 90.7 cm³/mol. The van der Waals surface area contributed by atoms with Gasteiger partial charge in [0.25, 0.3) is 5.91 Å². The molecule has 5 heteroatoms. The summed E-state index contributed by atoms with van der Waals surface area (Å²) in [6.07, 6.45) is 1.02. The Morgan fingerprint density at radius 1 is 1.23 bits per heavy atom. The lowest BCUT2D eigenvalue weighted by Crippen LogP contribution is -2.14. The number of aryl methyl sites for hydroxylation is 2. The van der Waals surface area contributed by atoms with E-state index in [0.717, 1.165) is 35.7 Å². The summed E-state index contributed by atoms with van der Waals surface area (Å²) in [6, 6.07) is 7.56. The molecule has 0 aliphatic rings. The summed E-state index contributed by atoms with van der Waals surface area (Å²) in [5, 5.41) is 7.47. The highest BCUT2D eigenvalue weighted by atomic mass is 16.1. The highest BCUT2D eigenvalue weighted by Gasteiger charge is 2.15. The van der Waals surface area contributed by atoms with E-state index in [2.05, 4.69) is 17.3 Å². The van der Waals surface area contributed by atoms with E-state index in [4.69, 9.17) is 0 Å². The van der Waals surface area contributed by atoms with Crippen LogP contribution in [0, 0.1) is 13.8 Å². The van der Waals surface area contributed by atoms with Gasteiger partial charge in [-0.15, -0.1) is 0 Å². The predicted octanol–water partition coefficient (Wildman–Crippen LogP) is 3.23. The van der Waals surface area contributed by atoms with Crippen LogP contribution in [0.5, 0.6) is 0 Å². The lowest BCUT2D eigenvalue weighted by molar-refractivity contribution is 0.102. The van der Waals surface area contributed by atoms with E-state index in [9.17, 15) is 4.79 Å². The van der Waals surface area contributed by atoms with Crippen molar-refractivity contribution in [3.63, 3.8) is 0 Å². The van der Waals surface area contributed by atoms with Gasteiger partial charge in [-0.25, -0.2) is 0 Å². The van der Waals surface area contributed by atoms with Crippen molar-refractivity contribution in [2.75, 3.05) is 24.3 Å². The van der Waals surface area contributed by atoms with Crippen LogP contribution in [-0.2, 0) is 6.54 Å². The van der Waals surface area contributed by atoms with Gasteiger partial charge in [-0.2, -0.15) is 5.10 Å². The van der Waals surface area contributed by atoms with Crippen molar-refractivity contribution in [3.8, 4) is 0 Å². The van der Waals surface area contributed by atoms with Crippen LogP contribution >= 0.6 is 0 Å². The smallest absolute Gasteiger partial charge is 0.255 e. The largest absolute Gasteiger partial charge is 0.378 e. The maximum Gasteiger partial charge on any atom is 0.255 e. The second-order valence-corrected chi connectivity index (χ2v) is 5.66. The molecule has 5 nitrogen and oxygen atoms in total. The lowest BCUT2D eigenvalue weighted by Gasteiger charge is -2.12. The molecule has 1 N–H and O–H groups in total. The van der Waals surface area contributed by atoms with Gasteiger partial charge >= 0.3 is 0 Å². The SMILES string of the molecule is CCCn1nc(C)c(NC(=O)c2ccc(N(C)C)cc2)c1C. The molecule has 0 aliphatic heterocycles. The summed E-state index contributed by atoms with van der Waals surface area (Å²) < 4.78 is 1.94. The van der Waals surface area contributed by atoms with Crippen LogP contribution in [0.2, 0.25) is 0 Å². The first kappa shape index (κ1) is 16.1. The normalized spacial score (nSPS) is 10.6. The number of hydrogen-bond acceptors (Lipinski definition) is 3. The summed E-state index contributed by atoms with van der Waals surface area (Å²) in [4.78, 5) is 14.4. The molecule has 0 unspecified atom stereocenters. The molecule has 118 valence electrons. The van der Waals surface area contributed by atoms with Crippen LogP contribution in [0.1, 0.15) is 35.1 Å². The zero-order valence-corrected chi connectivity index (χ0v) is 14.0. The van der Waals surface area contributed by atoms with Crippen molar-refractivity contribution in [2.45, 2.75) is 33.7 Å². The molecule has 0 atom stereocenters. The van der Waals surface area contributed by atoms with Gasteiger partial charge in [-0.05, 0) is 44.5 Å². The molecule has 22 heavy (non-hydrogen) atoms. The van der Waals surface area contributed by atoms with Gasteiger partial charge < -0.3 is 10.2 Å². The number of aromatic nitrogens is 2. The first-order chi connectivity index (χ1) is 10.4. The van der Waals surface area contributed by atoms with E-state index in [1.807, 2.05) is 61.8 Å². The van der Waals surface area contributed by atoms with Gasteiger partial charge in [0.1, 0.15) is 0 Å². The Morgan fingerprint density at radius 2 is 1.86 bits per heavy atom. The van der Waals surface area contributed by atoms with E-state index in [0.29, 0.717) is 5.56 Å². The fourth-order valence-electron chi connectivity index (χ4n) is 2.40. The first-order valence-electron chi connectivity index (χ1n) is 7.56. The fourth-order valence-corrected chi connectivity index (χ4v) is 2.40. The first-order valence-corrected chi connectivity index (χ1v) is 7.56. The quantitative estimate of drug-likeness (QED) is 0.922. The number of rotatable bonds is 5. The average molecular weight is 300 g/mol. The van der Waals surface area contributed by atoms with Crippen LogP contribution in [-0.4, -0.2) is 29.8 Å². The second-order valence-electron chi connectivity index (χ2n) is 5.66. The number of carbonyl (C=O) groups is 1. The highest BCUT2D eigenvalue weighted by molar-refractivity contribution is 6.05. The zero-order valence-electron chi connectivity index (χ0n) is 14.0. The van der Waals surface area contributed by atoms with E-state index < -0.39 is 0 Å². The van der Waals surface area contributed by atoms with Crippen LogP contribution in [0.4, 0.5) is 11.4 Å². The van der Waals surface area contributed by atoms with Crippen molar-refractivity contribution in [1.82, 2.24) is 9.78 Å². The van der Waals surface area contributed by atoms with Gasteiger partial charge in [0.15, 0.2) is 0 Å². The molecule has 0 radical (unpaired) electrons. The molecule has 0 saturated heterocycles. The Labute approximate surface area is 131 Å². The monoisotopic (exact) mass is 300 g/mol. The number of nitrogens with zero attached hydrogens (tertiary/aromatic N) is 3. The molecule has 1 aromatic carbocycles.